The van der Waals surface area contributed by atoms with Gasteiger partial charge in [0.05, 0.1) is 12.0 Å². The van der Waals surface area contributed by atoms with E-state index in [0.29, 0.717) is 0 Å². The van der Waals surface area contributed by atoms with Crippen molar-refractivity contribution >= 4 is 28.5 Å². The highest BCUT2D eigenvalue weighted by Crippen LogP contribution is 2.38. The van der Waals surface area contributed by atoms with Crippen LogP contribution in [0.15, 0.2) is 65.7 Å². The molecule has 2 heteroatoms. The summed E-state index contributed by atoms with van der Waals surface area (Å²) in [6.07, 6.45) is 2.70. The molecule has 0 fully saturated rings. The summed E-state index contributed by atoms with van der Waals surface area (Å²) in [4.78, 5) is 4.57. The summed E-state index contributed by atoms with van der Waals surface area (Å²) >= 11 is 0. The number of aliphatic imine (C=N–C) groups is 1. The highest BCUT2D eigenvalue weighted by molar-refractivity contribution is 6.09. The van der Waals surface area contributed by atoms with Crippen molar-refractivity contribution in [2.45, 2.75) is 6.42 Å². The molecule has 0 amide bonds. The van der Waals surface area contributed by atoms with Gasteiger partial charge in [0, 0.05) is 11.1 Å². The predicted octanol–water partition coefficient (Wildman–Crippen LogP) is 4.52. The molecule has 0 bridgehead atoms. The second-order valence-electron chi connectivity index (χ2n) is 5.04. The van der Waals surface area contributed by atoms with Gasteiger partial charge in [-0.2, -0.15) is 0 Å². The van der Waals surface area contributed by atoms with Crippen LogP contribution in [0.2, 0.25) is 0 Å². The third-order valence-corrected chi connectivity index (χ3v) is 3.75. The molecule has 1 aliphatic rings. The van der Waals surface area contributed by atoms with Crippen LogP contribution in [-0.4, -0.2) is 6.34 Å². The summed E-state index contributed by atoms with van der Waals surface area (Å²) in [5.41, 5.74) is 4.83. The quantitative estimate of drug-likeness (QED) is 0.718. The molecule has 1 aliphatic heterocycles. The van der Waals surface area contributed by atoms with Crippen molar-refractivity contribution in [1.82, 2.24) is 0 Å². The summed E-state index contributed by atoms with van der Waals surface area (Å²) in [5, 5.41) is 5.69. The van der Waals surface area contributed by atoms with Crippen LogP contribution in [0.5, 0.6) is 0 Å². The maximum absolute atomic E-state index is 4.57. The fraction of sp³-hybridized carbons (Fsp3) is 0.0556. The molecule has 4 rings (SSSR count). The van der Waals surface area contributed by atoms with E-state index in [1.807, 2.05) is 6.07 Å². The van der Waals surface area contributed by atoms with Gasteiger partial charge in [-0.05, 0) is 29.0 Å². The van der Waals surface area contributed by atoms with Gasteiger partial charge < -0.3 is 5.32 Å². The van der Waals surface area contributed by atoms with Crippen LogP contribution in [0, 0.1) is 0 Å². The fourth-order valence-electron chi connectivity index (χ4n) is 2.80. The van der Waals surface area contributed by atoms with E-state index in [2.05, 4.69) is 64.9 Å². The first-order valence-electron chi connectivity index (χ1n) is 6.79. The Kier molecular flexibility index (Phi) is 2.52. The topological polar surface area (TPSA) is 24.4 Å². The largest absolute Gasteiger partial charge is 0.346 e. The third-order valence-electron chi connectivity index (χ3n) is 3.75. The molecule has 0 spiro atoms. The third kappa shape index (κ3) is 1.77. The second-order valence-corrected chi connectivity index (χ2v) is 5.04. The number of benzene rings is 3. The van der Waals surface area contributed by atoms with Gasteiger partial charge in [-0.3, -0.25) is 0 Å². The van der Waals surface area contributed by atoms with Gasteiger partial charge >= 0.3 is 0 Å². The van der Waals surface area contributed by atoms with Crippen molar-refractivity contribution < 1.29 is 0 Å². The van der Waals surface area contributed by atoms with E-state index < -0.39 is 0 Å². The van der Waals surface area contributed by atoms with Crippen molar-refractivity contribution in [3.05, 3.63) is 71.8 Å². The fourth-order valence-corrected chi connectivity index (χ4v) is 2.80. The second kappa shape index (κ2) is 4.49. The SMILES string of the molecule is C1=Nc2c(Cc3ccccc3)ccc3cccc(c23)N1. The highest BCUT2D eigenvalue weighted by atomic mass is 15.0. The molecule has 0 atom stereocenters. The molecule has 3 aromatic carbocycles. The minimum atomic E-state index is 0.914. The molecule has 0 radical (unpaired) electrons. The standard InChI is InChI=1S/C18H14N2/c1-2-5-13(6-3-1)11-15-10-9-14-7-4-8-16-17(14)18(15)20-12-19-16/h1-10,12H,11H2,(H,19,20). The molecule has 1 N–H and O–H groups in total. The molecule has 0 saturated heterocycles. The molecule has 1 heterocycles. The Morgan fingerprint density at radius 3 is 2.65 bits per heavy atom. The van der Waals surface area contributed by atoms with Crippen molar-refractivity contribution in [2.24, 2.45) is 4.99 Å². The number of nitrogens with zero attached hydrogens (tertiary/aromatic N) is 1. The van der Waals surface area contributed by atoms with Crippen LogP contribution < -0.4 is 5.32 Å². The average Bonchev–Trinajstić information content (AvgIpc) is 2.51. The summed E-state index contributed by atoms with van der Waals surface area (Å²) < 4.78 is 0. The first kappa shape index (κ1) is 11.2. The highest BCUT2D eigenvalue weighted by Gasteiger charge is 2.13. The number of hydrogen-bond donors (Lipinski definition) is 1. The molecule has 0 aliphatic carbocycles. The minimum absolute atomic E-state index is 0.914. The van der Waals surface area contributed by atoms with Crippen LogP contribution in [0.3, 0.4) is 0 Å². The summed E-state index contributed by atoms with van der Waals surface area (Å²) in [7, 11) is 0. The van der Waals surface area contributed by atoms with Gasteiger partial charge in [0.25, 0.3) is 0 Å². The van der Waals surface area contributed by atoms with E-state index in [1.54, 1.807) is 6.34 Å². The summed E-state index contributed by atoms with van der Waals surface area (Å²) in [5.74, 6) is 0. The Bertz CT molecular complexity index is 804. The van der Waals surface area contributed by atoms with Crippen molar-refractivity contribution in [2.75, 3.05) is 5.32 Å². The monoisotopic (exact) mass is 258 g/mol. The maximum Gasteiger partial charge on any atom is 0.0930 e. The van der Waals surface area contributed by atoms with Gasteiger partial charge in [-0.25, -0.2) is 4.99 Å². The number of hydrogen-bond acceptors (Lipinski definition) is 2. The molecular weight excluding hydrogens is 244 g/mol. The van der Waals surface area contributed by atoms with Crippen LogP contribution >= 0.6 is 0 Å². The average molecular weight is 258 g/mol. The van der Waals surface area contributed by atoms with Gasteiger partial charge in [-0.15, -0.1) is 0 Å². The molecule has 20 heavy (non-hydrogen) atoms. The normalized spacial score (nSPS) is 12.4. The lowest BCUT2D eigenvalue weighted by molar-refractivity contribution is 1.19. The maximum atomic E-state index is 4.57. The minimum Gasteiger partial charge on any atom is -0.346 e. The number of anilines is 1. The van der Waals surface area contributed by atoms with E-state index in [-0.39, 0.29) is 0 Å². The Balaban J connectivity index is 1.90. The Morgan fingerprint density at radius 1 is 0.850 bits per heavy atom. The van der Waals surface area contributed by atoms with E-state index in [1.165, 1.54) is 21.9 Å². The Labute approximate surface area is 117 Å². The zero-order valence-corrected chi connectivity index (χ0v) is 11.0. The summed E-state index contributed by atoms with van der Waals surface area (Å²) in [6, 6.07) is 21.2. The molecule has 96 valence electrons. The molecule has 0 saturated carbocycles. The van der Waals surface area contributed by atoms with Gasteiger partial charge in [0.15, 0.2) is 0 Å². The number of rotatable bonds is 2. The number of nitrogens with one attached hydrogen (secondary N) is 1. The lowest BCUT2D eigenvalue weighted by Gasteiger charge is -2.16. The molecule has 0 aromatic heterocycles. The zero-order valence-electron chi connectivity index (χ0n) is 11.0. The lowest BCUT2D eigenvalue weighted by atomic mass is 9.97. The zero-order chi connectivity index (χ0) is 13.4. The first-order valence-corrected chi connectivity index (χ1v) is 6.79. The molecule has 2 nitrogen and oxygen atoms in total. The van der Waals surface area contributed by atoms with Crippen LogP contribution in [0.4, 0.5) is 11.4 Å². The van der Waals surface area contributed by atoms with Crippen LogP contribution in [-0.2, 0) is 6.42 Å². The lowest BCUT2D eigenvalue weighted by Crippen LogP contribution is -2.01. The van der Waals surface area contributed by atoms with Gasteiger partial charge in [0.1, 0.15) is 0 Å². The van der Waals surface area contributed by atoms with Crippen molar-refractivity contribution in [3.63, 3.8) is 0 Å². The van der Waals surface area contributed by atoms with E-state index in [9.17, 15) is 0 Å². The molecule has 0 unspecified atom stereocenters. The van der Waals surface area contributed by atoms with Gasteiger partial charge in [-0.1, -0.05) is 54.6 Å². The van der Waals surface area contributed by atoms with E-state index >= 15 is 0 Å². The Morgan fingerprint density at radius 2 is 1.75 bits per heavy atom. The summed E-state index contributed by atoms with van der Waals surface area (Å²) in [6.45, 7) is 0. The van der Waals surface area contributed by atoms with Gasteiger partial charge in [0.2, 0.25) is 0 Å². The van der Waals surface area contributed by atoms with E-state index in [4.69, 9.17) is 0 Å². The molecule has 3 aromatic rings. The Hall–Kier alpha value is -2.61. The van der Waals surface area contributed by atoms with Crippen molar-refractivity contribution in [3.8, 4) is 0 Å². The molecular formula is C18H14N2. The predicted molar refractivity (Wildman–Crippen MR) is 85.0 cm³/mol. The van der Waals surface area contributed by atoms with Crippen LogP contribution in [0.1, 0.15) is 11.1 Å². The van der Waals surface area contributed by atoms with Crippen LogP contribution in [0.25, 0.3) is 10.8 Å². The first-order chi connectivity index (χ1) is 9.92. The van der Waals surface area contributed by atoms with E-state index in [0.717, 1.165) is 17.8 Å². The smallest absolute Gasteiger partial charge is 0.0930 e. The van der Waals surface area contributed by atoms with Crippen molar-refractivity contribution in [1.29, 1.82) is 0 Å².